The summed E-state index contributed by atoms with van der Waals surface area (Å²) in [6, 6.07) is 8.83. The Bertz CT molecular complexity index is 1640. The van der Waals surface area contributed by atoms with E-state index in [4.69, 9.17) is 4.74 Å². The Morgan fingerprint density at radius 2 is 0.833 bits per heavy atom. The Hall–Kier alpha value is -2.08. The molecule has 2 aromatic carbocycles. The molecule has 1 aliphatic carbocycles. The maximum absolute atomic E-state index is 11.0. The molecular formula is C55H94N2O3. The molecule has 0 spiro atoms. The lowest BCUT2D eigenvalue weighted by molar-refractivity contribution is -0.0304. The third kappa shape index (κ3) is 14.0. The maximum Gasteiger partial charge on any atom is 0.123 e. The molecule has 5 nitrogen and oxygen atoms in total. The van der Waals surface area contributed by atoms with Crippen LogP contribution in [-0.2, 0) is 39.4 Å². The number of nitrogens with one attached hydrogen (secondary N) is 2. The van der Waals surface area contributed by atoms with Crippen molar-refractivity contribution in [1.82, 2.24) is 10.6 Å². The minimum atomic E-state index is -0.112. The standard InChI is InChI=1S/C31H53NO.C24H41NO2/c1-28(2,3)25-17-22(18-26(27(25)33)29(4,5)6)12-11-21-13-15-23(16-14-21)24-19-30(7,8)32-31(9,10)20-24;1-21(2,3)18-11-16(12-19(20(18)26)22(4,5)6)15-27-17-13-23(7,8)25-24(9,10)14-17/h17-18,21,23-24,32-33H,11-16,19-20H2,1-10H3;11-12,17,25-26H,13-15H2,1-10H3. The van der Waals surface area contributed by atoms with Crippen LogP contribution in [0, 0.1) is 17.8 Å². The van der Waals surface area contributed by atoms with Crippen molar-refractivity contribution in [3.05, 3.63) is 57.6 Å². The fourth-order valence-corrected chi connectivity index (χ4v) is 11.5. The second-order valence-electron chi connectivity index (χ2n) is 26.7. The predicted octanol–water partition coefficient (Wildman–Crippen LogP) is 14.1. The van der Waals surface area contributed by atoms with E-state index in [0.29, 0.717) is 18.1 Å². The molecule has 0 bridgehead atoms. The summed E-state index contributed by atoms with van der Waals surface area (Å²) in [6.45, 7) is 45.3. The molecule has 3 aliphatic rings. The Morgan fingerprint density at radius 1 is 0.500 bits per heavy atom. The van der Waals surface area contributed by atoms with E-state index in [9.17, 15) is 10.2 Å². The van der Waals surface area contributed by atoms with Crippen molar-refractivity contribution in [2.45, 2.75) is 259 Å². The lowest BCUT2D eigenvalue weighted by Gasteiger charge is -2.49. The minimum Gasteiger partial charge on any atom is -0.507 e. The van der Waals surface area contributed by atoms with Gasteiger partial charge < -0.3 is 25.6 Å². The molecule has 2 saturated heterocycles. The van der Waals surface area contributed by atoms with Gasteiger partial charge in [0.05, 0.1) is 12.7 Å². The van der Waals surface area contributed by atoms with Gasteiger partial charge in [0.1, 0.15) is 11.5 Å². The van der Waals surface area contributed by atoms with Gasteiger partial charge in [-0.1, -0.05) is 108 Å². The third-order valence-electron chi connectivity index (χ3n) is 13.8. The molecule has 5 rings (SSSR count). The number of rotatable bonds is 7. The van der Waals surface area contributed by atoms with E-state index in [1.807, 2.05) is 0 Å². The van der Waals surface area contributed by atoms with Crippen molar-refractivity contribution in [2.24, 2.45) is 17.8 Å². The first kappa shape index (κ1) is 50.6. The van der Waals surface area contributed by atoms with Gasteiger partial charge in [0.25, 0.3) is 0 Å². The number of phenolic OH excluding ortho intramolecular Hbond substituents is 2. The number of piperidine rings is 2. The second kappa shape index (κ2) is 17.8. The molecule has 2 heterocycles. The first-order valence-electron chi connectivity index (χ1n) is 23.9. The van der Waals surface area contributed by atoms with Gasteiger partial charge >= 0.3 is 0 Å². The number of hydrogen-bond donors (Lipinski definition) is 4. The zero-order chi connectivity index (χ0) is 45.7. The lowest BCUT2D eigenvalue weighted by Crippen LogP contribution is -2.59. The van der Waals surface area contributed by atoms with Crippen LogP contribution in [0.4, 0.5) is 0 Å². The number of aromatic hydroxyl groups is 2. The quantitative estimate of drug-likeness (QED) is 0.224. The third-order valence-corrected chi connectivity index (χ3v) is 13.8. The fourth-order valence-electron chi connectivity index (χ4n) is 11.5. The Labute approximate surface area is 370 Å². The van der Waals surface area contributed by atoms with E-state index in [1.54, 1.807) is 0 Å². The van der Waals surface area contributed by atoms with Gasteiger partial charge in [-0.15, -0.1) is 0 Å². The molecule has 0 aromatic heterocycles. The summed E-state index contributed by atoms with van der Waals surface area (Å²) < 4.78 is 6.39. The van der Waals surface area contributed by atoms with E-state index in [-0.39, 0.29) is 49.9 Å². The Kier molecular flexibility index (Phi) is 15.0. The highest BCUT2D eigenvalue weighted by molar-refractivity contribution is 5.51. The van der Waals surface area contributed by atoms with E-state index >= 15 is 0 Å². The molecule has 0 radical (unpaired) electrons. The van der Waals surface area contributed by atoms with E-state index in [2.05, 4.69) is 173 Å². The van der Waals surface area contributed by atoms with Crippen LogP contribution in [0.2, 0.25) is 0 Å². The first-order valence-corrected chi connectivity index (χ1v) is 23.9. The highest BCUT2D eigenvalue weighted by Crippen LogP contribution is 2.45. The maximum atomic E-state index is 11.0. The fraction of sp³-hybridized carbons (Fsp3) is 0.782. The van der Waals surface area contributed by atoms with Crippen LogP contribution in [0.15, 0.2) is 24.3 Å². The molecule has 0 atom stereocenters. The summed E-state index contributed by atoms with van der Waals surface area (Å²) in [5, 5.41) is 29.5. The largest absolute Gasteiger partial charge is 0.507 e. The lowest BCUT2D eigenvalue weighted by atomic mass is 9.65. The summed E-state index contributed by atoms with van der Waals surface area (Å²) >= 11 is 0. The molecule has 3 fully saturated rings. The molecule has 2 aromatic rings. The monoisotopic (exact) mass is 831 g/mol. The first-order chi connectivity index (χ1) is 27.0. The highest BCUT2D eigenvalue weighted by Gasteiger charge is 2.42. The smallest absolute Gasteiger partial charge is 0.123 e. The zero-order valence-electron chi connectivity index (χ0n) is 42.7. The van der Waals surface area contributed by atoms with Crippen LogP contribution in [0.3, 0.4) is 0 Å². The number of aryl methyl sites for hydroxylation is 1. The molecule has 1 saturated carbocycles. The van der Waals surface area contributed by atoms with Gasteiger partial charge in [0, 0.05) is 22.2 Å². The van der Waals surface area contributed by atoms with Crippen molar-refractivity contribution >= 4 is 0 Å². The number of hydrogen-bond acceptors (Lipinski definition) is 5. The summed E-state index contributed by atoms with van der Waals surface area (Å²) in [5.41, 5.74) is 7.12. The van der Waals surface area contributed by atoms with E-state index in [0.717, 1.165) is 64.8 Å². The molecule has 60 heavy (non-hydrogen) atoms. The van der Waals surface area contributed by atoms with Crippen LogP contribution in [-0.4, -0.2) is 38.5 Å². The normalized spacial score (nSPS) is 23.8. The van der Waals surface area contributed by atoms with Crippen LogP contribution in [0.5, 0.6) is 11.5 Å². The van der Waals surface area contributed by atoms with Crippen molar-refractivity contribution in [3.8, 4) is 11.5 Å². The van der Waals surface area contributed by atoms with Crippen molar-refractivity contribution in [1.29, 1.82) is 0 Å². The van der Waals surface area contributed by atoms with Gasteiger partial charge in [-0.3, -0.25) is 0 Å². The van der Waals surface area contributed by atoms with E-state index < -0.39 is 0 Å². The van der Waals surface area contributed by atoms with Gasteiger partial charge in [0.2, 0.25) is 0 Å². The summed E-state index contributed by atoms with van der Waals surface area (Å²) in [4.78, 5) is 0. The highest BCUT2D eigenvalue weighted by atomic mass is 16.5. The number of phenols is 2. The van der Waals surface area contributed by atoms with Crippen molar-refractivity contribution in [3.63, 3.8) is 0 Å². The SMILES string of the molecule is CC1(C)CC(C2CCC(CCc3cc(C(C)(C)C)c(O)c(C(C)(C)C)c3)CC2)CC(C)(C)N1.CC1(C)CC(OCc2cc(C(C)(C)C)c(O)c(C(C)(C)C)c2)CC(C)(C)N1. The van der Waals surface area contributed by atoms with Crippen molar-refractivity contribution in [2.75, 3.05) is 0 Å². The Morgan fingerprint density at radius 3 is 1.18 bits per heavy atom. The van der Waals surface area contributed by atoms with E-state index in [1.165, 1.54) is 50.5 Å². The van der Waals surface area contributed by atoms with Gasteiger partial charge in [-0.25, -0.2) is 0 Å². The molecule has 5 heteroatoms. The minimum absolute atomic E-state index is 0.0471. The molecule has 0 amide bonds. The topological polar surface area (TPSA) is 73.8 Å². The van der Waals surface area contributed by atoms with Crippen LogP contribution in [0.1, 0.15) is 230 Å². The number of benzene rings is 2. The van der Waals surface area contributed by atoms with Crippen molar-refractivity contribution < 1.29 is 14.9 Å². The average molecular weight is 831 g/mol. The molecular weight excluding hydrogens is 737 g/mol. The molecule has 4 N–H and O–H groups in total. The predicted molar refractivity (Wildman–Crippen MR) is 258 cm³/mol. The zero-order valence-corrected chi connectivity index (χ0v) is 42.7. The van der Waals surface area contributed by atoms with Gasteiger partial charge in [-0.2, -0.15) is 0 Å². The molecule has 2 aliphatic heterocycles. The summed E-state index contributed by atoms with van der Waals surface area (Å²) in [5.74, 6) is 3.58. The molecule has 0 unspecified atom stereocenters. The molecule has 342 valence electrons. The summed E-state index contributed by atoms with van der Waals surface area (Å²) in [6.07, 6.45) is 12.9. The van der Waals surface area contributed by atoms with Crippen LogP contribution >= 0.6 is 0 Å². The second-order valence-corrected chi connectivity index (χ2v) is 26.7. The summed E-state index contributed by atoms with van der Waals surface area (Å²) in [7, 11) is 0. The van der Waals surface area contributed by atoms with Crippen LogP contribution < -0.4 is 10.6 Å². The van der Waals surface area contributed by atoms with Gasteiger partial charge in [0.15, 0.2) is 0 Å². The Balaban J connectivity index is 0.000000270. The van der Waals surface area contributed by atoms with Gasteiger partial charge in [-0.05, 0) is 192 Å². The average Bonchev–Trinajstić information content (AvgIpc) is 3.03. The van der Waals surface area contributed by atoms with Crippen LogP contribution in [0.25, 0.3) is 0 Å². The number of ether oxygens (including phenoxy) is 1.